The molecule has 1 aromatic heterocycles. The van der Waals surface area contributed by atoms with Crippen LogP contribution in [0, 0.1) is 0 Å². The summed E-state index contributed by atoms with van der Waals surface area (Å²) in [5, 5.41) is 7.78. The Balaban J connectivity index is 2.04. The summed E-state index contributed by atoms with van der Waals surface area (Å²) in [5.41, 5.74) is 3.89. The van der Waals surface area contributed by atoms with Crippen LogP contribution in [0.15, 0.2) is 46.2 Å². The molecule has 0 atom stereocenters. The summed E-state index contributed by atoms with van der Waals surface area (Å²) in [6, 6.07) is 8.93. The van der Waals surface area contributed by atoms with Crippen LogP contribution < -0.4 is 10.2 Å². The molecule has 0 aliphatic rings. The SMILES string of the molecule is COc1ccccc1C(=O)NN=Cc1ccsc1. The number of hydrogen-bond donors (Lipinski definition) is 1. The number of nitrogens with one attached hydrogen (secondary N) is 1. The van der Waals surface area contributed by atoms with E-state index in [1.165, 1.54) is 7.11 Å². The van der Waals surface area contributed by atoms with Crippen molar-refractivity contribution in [3.8, 4) is 5.75 Å². The van der Waals surface area contributed by atoms with Gasteiger partial charge < -0.3 is 4.74 Å². The quantitative estimate of drug-likeness (QED) is 0.678. The molecule has 18 heavy (non-hydrogen) atoms. The molecule has 0 saturated heterocycles. The van der Waals surface area contributed by atoms with E-state index in [9.17, 15) is 4.79 Å². The van der Waals surface area contributed by atoms with Gasteiger partial charge in [0.2, 0.25) is 0 Å². The van der Waals surface area contributed by atoms with Crippen LogP contribution in [0.1, 0.15) is 15.9 Å². The van der Waals surface area contributed by atoms with Crippen LogP contribution in [0.4, 0.5) is 0 Å². The second kappa shape index (κ2) is 5.97. The number of methoxy groups -OCH3 is 1. The third-order valence-corrected chi connectivity index (χ3v) is 2.98. The lowest BCUT2D eigenvalue weighted by Gasteiger charge is -2.05. The highest BCUT2D eigenvalue weighted by molar-refractivity contribution is 7.08. The third-order valence-electron chi connectivity index (χ3n) is 2.27. The van der Waals surface area contributed by atoms with Gasteiger partial charge in [-0.05, 0) is 29.0 Å². The van der Waals surface area contributed by atoms with Crippen LogP contribution in [0.25, 0.3) is 0 Å². The Kier molecular flexibility index (Phi) is 4.09. The first-order valence-corrected chi connectivity index (χ1v) is 6.24. The standard InChI is InChI=1S/C13H12N2O2S/c1-17-12-5-3-2-4-11(12)13(16)15-14-8-10-6-7-18-9-10/h2-9H,1H3,(H,15,16). The number of benzene rings is 1. The first-order valence-electron chi connectivity index (χ1n) is 5.30. The van der Waals surface area contributed by atoms with Crippen molar-refractivity contribution in [2.45, 2.75) is 0 Å². The molecule has 5 heteroatoms. The molecule has 92 valence electrons. The molecule has 0 aliphatic carbocycles. The van der Waals surface area contributed by atoms with Gasteiger partial charge in [-0.1, -0.05) is 12.1 Å². The van der Waals surface area contributed by atoms with Crippen molar-refractivity contribution < 1.29 is 9.53 Å². The summed E-state index contributed by atoms with van der Waals surface area (Å²) in [6.07, 6.45) is 1.60. The molecule has 1 amide bonds. The average molecular weight is 260 g/mol. The van der Waals surface area contributed by atoms with Gasteiger partial charge in [-0.2, -0.15) is 16.4 Å². The van der Waals surface area contributed by atoms with Crippen molar-refractivity contribution >= 4 is 23.5 Å². The maximum Gasteiger partial charge on any atom is 0.275 e. The number of carbonyl (C=O) groups is 1. The van der Waals surface area contributed by atoms with E-state index in [1.807, 2.05) is 22.9 Å². The number of rotatable bonds is 4. The number of carbonyl (C=O) groups excluding carboxylic acids is 1. The van der Waals surface area contributed by atoms with Crippen LogP contribution in [-0.4, -0.2) is 19.2 Å². The Bertz CT molecular complexity index is 550. The van der Waals surface area contributed by atoms with Crippen molar-refractivity contribution in [1.82, 2.24) is 5.43 Å². The molecule has 2 aromatic rings. The zero-order chi connectivity index (χ0) is 12.8. The van der Waals surface area contributed by atoms with Crippen molar-refractivity contribution in [1.29, 1.82) is 0 Å². The fourth-order valence-corrected chi connectivity index (χ4v) is 2.02. The minimum atomic E-state index is -0.293. The highest BCUT2D eigenvalue weighted by Gasteiger charge is 2.09. The van der Waals surface area contributed by atoms with Crippen molar-refractivity contribution in [2.24, 2.45) is 5.10 Å². The van der Waals surface area contributed by atoms with Gasteiger partial charge in [0.1, 0.15) is 5.75 Å². The summed E-state index contributed by atoms with van der Waals surface area (Å²) in [5.74, 6) is 0.236. The van der Waals surface area contributed by atoms with Crippen LogP contribution in [0.5, 0.6) is 5.75 Å². The molecular weight excluding hydrogens is 248 g/mol. The van der Waals surface area contributed by atoms with Crippen molar-refractivity contribution in [3.63, 3.8) is 0 Å². The zero-order valence-electron chi connectivity index (χ0n) is 9.79. The van der Waals surface area contributed by atoms with E-state index in [2.05, 4.69) is 10.5 Å². The van der Waals surface area contributed by atoms with Crippen LogP contribution in [0.2, 0.25) is 0 Å². The Hall–Kier alpha value is -2.14. The lowest BCUT2D eigenvalue weighted by molar-refractivity contribution is 0.0952. The van der Waals surface area contributed by atoms with Crippen molar-refractivity contribution in [2.75, 3.05) is 7.11 Å². The first-order chi connectivity index (χ1) is 8.81. The lowest BCUT2D eigenvalue weighted by Crippen LogP contribution is -2.18. The van der Waals surface area contributed by atoms with E-state index in [0.717, 1.165) is 5.56 Å². The lowest BCUT2D eigenvalue weighted by atomic mass is 10.2. The molecule has 0 radical (unpaired) electrons. The predicted molar refractivity (Wildman–Crippen MR) is 72.4 cm³/mol. The van der Waals surface area contributed by atoms with Gasteiger partial charge in [-0.25, -0.2) is 5.43 Å². The van der Waals surface area contributed by atoms with E-state index in [4.69, 9.17) is 4.74 Å². The van der Waals surface area contributed by atoms with Gasteiger partial charge in [0.25, 0.3) is 5.91 Å². The highest BCUT2D eigenvalue weighted by Crippen LogP contribution is 2.16. The Morgan fingerprint density at radius 1 is 1.39 bits per heavy atom. The maximum absolute atomic E-state index is 11.9. The number of hydrazone groups is 1. The van der Waals surface area contributed by atoms with Crippen LogP contribution in [-0.2, 0) is 0 Å². The first kappa shape index (κ1) is 12.3. The Morgan fingerprint density at radius 2 is 2.22 bits per heavy atom. The van der Waals surface area contributed by atoms with E-state index in [0.29, 0.717) is 11.3 Å². The van der Waals surface area contributed by atoms with Gasteiger partial charge in [0.15, 0.2) is 0 Å². The predicted octanol–water partition coefficient (Wildman–Crippen LogP) is 2.52. The number of para-hydroxylation sites is 1. The van der Waals surface area contributed by atoms with E-state index in [-0.39, 0.29) is 5.91 Å². The molecule has 0 bridgehead atoms. The number of amides is 1. The van der Waals surface area contributed by atoms with Gasteiger partial charge in [0.05, 0.1) is 18.9 Å². The number of nitrogens with zero attached hydrogens (tertiary/aromatic N) is 1. The normalized spacial score (nSPS) is 10.5. The summed E-state index contributed by atoms with van der Waals surface area (Å²) in [6.45, 7) is 0. The summed E-state index contributed by atoms with van der Waals surface area (Å²) < 4.78 is 5.11. The van der Waals surface area contributed by atoms with Crippen LogP contribution in [0.3, 0.4) is 0 Å². The average Bonchev–Trinajstić information content (AvgIpc) is 2.91. The highest BCUT2D eigenvalue weighted by atomic mass is 32.1. The van der Waals surface area contributed by atoms with Gasteiger partial charge in [0, 0.05) is 5.56 Å². The minimum absolute atomic E-state index is 0.293. The summed E-state index contributed by atoms with van der Waals surface area (Å²) in [7, 11) is 1.53. The fourth-order valence-electron chi connectivity index (χ4n) is 1.41. The molecule has 1 heterocycles. The minimum Gasteiger partial charge on any atom is -0.496 e. The molecule has 1 N–H and O–H groups in total. The molecule has 0 saturated carbocycles. The topological polar surface area (TPSA) is 50.7 Å². The third kappa shape index (κ3) is 2.95. The van der Waals surface area contributed by atoms with Crippen molar-refractivity contribution in [3.05, 3.63) is 52.2 Å². The molecule has 0 spiro atoms. The number of ether oxygens (including phenoxy) is 1. The maximum atomic E-state index is 11.9. The molecule has 0 aliphatic heterocycles. The van der Waals surface area contributed by atoms with E-state index >= 15 is 0 Å². The van der Waals surface area contributed by atoms with Gasteiger partial charge >= 0.3 is 0 Å². The van der Waals surface area contributed by atoms with E-state index in [1.54, 1.807) is 35.8 Å². The molecule has 2 rings (SSSR count). The number of hydrogen-bond acceptors (Lipinski definition) is 4. The second-order valence-corrected chi connectivity index (χ2v) is 4.24. The largest absolute Gasteiger partial charge is 0.496 e. The summed E-state index contributed by atoms with van der Waals surface area (Å²) >= 11 is 1.58. The molecule has 1 aromatic carbocycles. The second-order valence-electron chi connectivity index (χ2n) is 3.46. The smallest absolute Gasteiger partial charge is 0.275 e. The summed E-state index contributed by atoms with van der Waals surface area (Å²) in [4.78, 5) is 11.9. The molecular formula is C13H12N2O2S. The zero-order valence-corrected chi connectivity index (χ0v) is 10.6. The monoisotopic (exact) mass is 260 g/mol. The molecule has 0 unspecified atom stereocenters. The Morgan fingerprint density at radius 3 is 2.94 bits per heavy atom. The van der Waals surface area contributed by atoms with Gasteiger partial charge in [-0.3, -0.25) is 4.79 Å². The molecule has 0 fully saturated rings. The van der Waals surface area contributed by atoms with Gasteiger partial charge in [-0.15, -0.1) is 0 Å². The molecule has 4 nitrogen and oxygen atoms in total. The number of thiophene rings is 1. The van der Waals surface area contributed by atoms with Crippen LogP contribution >= 0.6 is 11.3 Å². The fraction of sp³-hybridized carbons (Fsp3) is 0.0769. The Labute approximate surface area is 109 Å². The van der Waals surface area contributed by atoms with E-state index < -0.39 is 0 Å².